The lowest BCUT2D eigenvalue weighted by Gasteiger charge is -2.19. The SMILES string of the molecule is Cc1cccc(OCC(=O)N[C@H](CO)C(C)C)c1. The van der Waals surface area contributed by atoms with E-state index in [0.29, 0.717) is 5.75 Å². The number of rotatable bonds is 6. The van der Waals surface area contributed by atoms with Gasteiger partial charge in [0.05, 0.1) is 12.6 Å². The van der Waals surface area contributed by atoms with Crippen LogP contribution in [0.4, 0.5) is 0 Å². The third kappa shape index (κ3) is 4.75. The van der Waals surface area contributed by atoms with Gasteiger partial charge in [0.1, 0.15) is 5.75 Å². The van der Waals surface area contributed by atoms with Gasteiger partial charge in [0, 0.05) is 0 Å². The van der Waals surface area contributed by atoms with Crippen LogP contribution in [0.3, 0.4) is 0 Å². The second kappa shape index (κ2) is 7.01. The molecule has 1 amide bonds. The minimum atomic E-state index is -0.224. The summed E-state index contributed by atoms with van der Waals surface area (Å²) in [6.45, 7) is 5.76. The second-order valence-corrected chi connectivity index (χ2v) is 4.71. The van der Waals surface area contributed by atoms with E-state index in [1.807, 2.05) is 45.0 Å². The molecule has 0 bridgehead atoms. The van der Waals surface area contributed by atoms with Gasteiger partial charge >= 0.3 is 0 Å². The van der Waals surface area contributed by atoms with E-state index in [1.165, 1.54) is 0 Å². The molecule has 0 heterocycles. The summed E-state index contributed by atoms with van der Waals surface area (Å²) in [4.78, 5) is 11.6. The minimum Gasteiger partial charge on any atom is -0.484 e. The Balaban J connectivity index is 2.41. The predicted octanol–water partition coefficient (Wildman–Crippen LogP) is 1.51. The first kappa shape index (κ1) is 14.5. The molecule has 4 heteroatoms. The van der Waals surface area contributed by atoms with E-state index < -0.39 is 0 Å². The summed E-state index contributed by atoms with van der Waals surface area (Å²) in [6.07, 6.45) is 0. The van der Waals surface area contributed by atoms with E-state index in [2.05, 4.69) is 5.32 Å². The maximum absolute atomic E-state index is 11.6. The number of aliphatic hydroxyl groups excluding tert-OH is 1. The van der Waals surface area contributed by atoms with Crippen molar-refractivity contribution in [2.24, 2.45) is 5.92 Å². The van der Waals surface area contributed by atoms with Gasteiger partial charge in [-0.2, -0.15) is 0 Å². The van der Waals surface area contributed by atoms with Crippen LogP contribution < -0.4 is 10.1 Å². The first-order valence-electron chi connectivity index (χ1n) is 6.12. The zero-order chi connectivity index (χ0) is 13.5. The lowest BCUT2D eigenvalue weighted by Crippen LogP contribution is -2.43. The minimum absolute atomic E-state index is 0.0350. The fraction of sp³-hybridized carbons (Fsp3) is 0.500. The van der Waals surface area contributed by atoms with Crippen LogP contribution in [0.15, 0.2) is 24.3 Å². The lowest BCUT2D eigenvalue weighted by molar-refractivity contribution is -0.124. The average molecular weight is 251 g/mol. The molecule has 18 heavy (non-hydrogen) atoms. The predicted molar refractivity (Wildman–Crippen MR) is 70.5 cm³/mol. The van der Waals surface area contributed by atoms with Crippen molar-refractivity contribution in [2.75, 3.05) is 13.2 Å². The summed E-state index contributed by atoms with van der Waals surface area (Å²) in [5, 5.41) is 11.8. The number of ether oxygens (including phenoxy) is 1. The van der Waals surface area contributed by atoms with Gasteiger partial charge in [0.25, 0.3) is 5.91 Å². The van der Waals surface area contributed by atoms with Crippen LogP contribution in [0.5, 0.6) is 5.75 Å². The topological polar surface area (TPSA) is 58.6 Å². The number of benzene rings is 1. The first-order valence-corrected chi connectivity index (χ1v) is 6.12. The van der Waals surface area contributed by atoms with E-state index in [-0.39, 0.29) is 31.1 Å². The molecule has 0 spiro atoms. The summed E-state index contributed by atoms with van der Waals surface area (Å²) < 4.78 is 5.38. The molecule has 1 atom stereocenters. The maximum Gasteiger partial charge on any atom is 0.258 e. The number of hydrogen-bond donors (Lipinski definition) is 2. The zero-order valence-corrected chi connectivity index (χ0v) is 11.1. The average Bonchev–Trinajstić information content (AvgIpc) is 2.33. The molecule has 0 aliphatic carbocycles. The number of carbonyl (C=O) groups excluding carboxylic acids is 1. The fourth-order valence-electron chi connectivity index (χ4n) is 1.53. The monoisotopic (exact) mass is 251 g/mol. The quantitative estimate of drug-likeness (QED) is 0.805. The van der Waals surface area contributed by atoms with Gasteiger partial charge in [-0.05, 0) is 30.5 Å². The Morgan fingerprint density at radius 1 is 1.44 bits per heavy atom. The van der Waals surface area contributed by atoms with Crippen LogP contribution in [-0.4, -0.2) is 30.3 Å². The smallest absolute Gasteiger partial charge is 0.258 e. The summed E-state index contributed by atoms with van der Waals surface area (Å²) in [6, 6.07) is 7.31. The van der Waals surface area contributed by atoms with Gasteiger partial charge in [-0.1, -0.05) is 26.0 Å². The second-order valence-electron chi connectivity index (χ2n) is 4.71. The van der Waals surface area contributed by atoms with Gasteiger partial charge in [0.2, 0.25) is 0 Å². The molecule has 1 aromatic rings. The van der Waals surface area contributed by atoms with Crippen molar-refractivity contribution in [2.45, 2.75) is 26.8 Å². The fourth-order valence-corrected chi connectivity index (χ4v) is 1.53. The highest BCUT2D eigenvalue weighted by Gasteiger charge is 2.15. The number of amides is 1. The van der Waals surface area contributed by atoms with Crippen molar-refractivity contribution in [3.05, 3.63) is 29.8 Å². The van der Waals surface area contributed by atoms with Gasteiger partial charge in [0.15, 0.2) is 6.61 Å². The molecule has 0 aliphatic heterocycles. The summed E-state index contributed by atoms with van der Waals surface area (Å²) in [7, 11) is 0. The van der Waals surface area contributed by atoms with E-state index in [0.717, 1.165) is 5.56 Å². The van der Waals surface area contributed by atoms with E-state index >= 15 is 0 Å². The molecule has 100 valence electrons. The first-order chi connectivity index (χ1) is 8.52. The summed E-state index contributed by atoms with van der Waals surface area (Å²) >= 11 is 0. The molecule has 0 saturated heterocycles. The summed E-state index contributed by atoms with van der Waals surface area (Å²) in [5.74, 6) is 0.650. The highest BCUT2D eigenvalue weighted by molar-refractivity contribution is 5.77. The molecule has 0 saturated carbocycles. The number of nitrogens with one attached hydrogen (secondary N) is 1. The summed E-state index contributed by atoms with van der Waals surface area (Å²) in [5.41, 5.74) is 1.09. The molecule has 1 aromatic carbocycles. The number of hydrogen-bond acceptors (Lipinski definition) is 3. The van der Waals surface area contributed by atoms with Crippen molar-refractivity contribution in [3.8, 4) is 5.75 Å². The van der Waals surface area contributed by atoms with Crippen molar-refractivity contribution >= 4 is 5.91 Å². The van der Waals surface area contributed by atoms with Crippen molar-refractivity contribution < 1.29 is 14.6 Å². The van der Waals surface area contributed by atoms with Crippen LogP contribution in [0.1, 0.15) is 19.4 Å². The van der Waals surface area contributed by atoms with Crippen molar-refractivity contribution in [1.82, 2.24) is 5.32 Å². The Morgan fingerprint density at radius 3 is 2.72 bits per heavy atom. The van der Waals surface area contributed by atoms with Gasteiger partial charge in [-0.25, -0.2) is 0 Å². The Morgan fingerprint density at radius 2 is 2.17 bits per heavy atom. The number of carbonyl (C=O) groups is 1. The van der Waals surface area contributed by atoms with Gasteiger partial charge < -0.3 is 15.2 Å². The molecule has 4 nitrogen and oxygen atoms in total. The lowest BCUT2D eigenvalue weighted by atomic mass is 10.1. The Labute approximate surface area is 108 Å². The van der Waals surface area contributed by atoms with E-state index in [4.69, 9.17) is 9.84 Å². The highest BCUT2D eigenvalue weighted by atomic mass is 16.5. The van der Waals surface area contributed by atoms with Gasteiger partial charge in [-0.15, -0.1) is 0 Å². The molecule has 0 aliphatic rings. The Bertz CT molecular complexity index is 390. The maximum atomic E-state index is 11.6. The molecule has 0 aromatic heterocycles. The van der Waals surface area contributed by atoms with Crippen LogP contribution in [0.25, 0.3) is 0 Å². The zero-order valence-electron chi connectivity index (χ0n) is 11.1. The van der Waals surface area contributed by atoms with Crippen LogP contribution >= 0.6 is 0 Å². The van der Waals surface area contributed by atoms with Gasteiger partial charge in [-0.3, -0.25) is 4.79 Å². The van der Waals surface area contributed by atoms with E-state index in [9.17, 15) is 4.79 Å². The van der Waals surface area contributed by atoms with Crippen LogP contribution in [-0.2, 0) is 4.79 Å². The molecule has 0 unspecified atom stereocenters. The van der Waals surface area contributed by atoms with Crippen LogP contribution in [0.2, 0.25) is 0 Å². The molecular weight excluding hydrogens is 230 g/mol. The highest BCUT2D eigenvalue weighted by Crippen LogP contribution is 2.12. The standard InChI is InChI=1S/C14H21NO3/c1-10(2)13(8-16)15-14(17)9-18-12-6-4-5-11(3)7-12/h4-7,10,13,16H,8-9H2,1-3H3,(H,15,17)/t13-/m1/s1. The third-order valence-electron chi connectivity index (χ3n) is 2.71. The molecule has 2 N–H and O–H groups in total. The Kier molecular flexibility index (Phi) is 5.65. The normalized spacial score (nSPS) is 12.3. The van der Waals surface area contributed by atoms with Crippen LogP contribution in [0, 0.1) is 12.8 Å². The molecule has 1 rings (SSSR count). The number of aryl methyl sites for hydroxylation is 1. The largest absolute Gasteiger partial charge is 0.484 e. The Hall–Kier alpha value is -1.55. The third-order valence-corrected chi connectivity index (χ3v) is 2.71. The molecular formula is C14H21NO3. The molecule has 0 fully saturated rings. The number of aliphatic hydroxyl groups is 1. The van der Waals surface area contributed by atoms with Crippen molar-refractivity contribution in [3.63, 3.8) is 0 Å². The van der Waals surface area contributed by atoms with E-state index in [1.54, 1.807) is 0 Å². The molecule has 0 radical (unpaired) electrons. The van der Waals surface area contributed by atoms with Crippen molar-refractivity contribution in [1.29, 1.82) is 0 Å².